The number of aromatic nitrogens is 1. The van der Waals surface area contributed by atoms with Crippen molar-refractivity contribution in [1.82, 2.24) is 10.3 Å². The summed E-state index contributed by atoms with van der Waals surface area (Å²) in [6.45, 7) is 2.47. The number of alkyl carbamates (subject to hydrolysis) is 1. The SMILES string of the molecule is Cc1c[nH]c(=O)c(C=CCNC(=O)OCC2c3ccccc3-c3ccccc32)c1. The zero-order valence-electron chi connectivity index (χ0n) is 16.1. The van der Waals surface area contributed by atoms with E-state index < -0.39 is 6.09 Å². The fraction of sp³-hybridized carbons (Fsp3) is 0.167. The maximum Gasteiger partial charge on any atom is 0.407 e. The van der Waals surface area contributed by atoms with Crippen LogP contribution in [0.4, 0.5) is 4.79 Å². The van der Waals surface area contributed by atoms with E-state index in [1.807, 2.05) is 31.2 Å². The lowest BCUT2D eigenvalue weighted by molar-refractivity contribution is 0.144. The predicted octanol–water partition coefficient (Wildman–Crippen LogP) is 4.24. The molecule has 2 aromatic carbocycles. The fourth-order valence-electron chi connectivity index (χ4n) is 3.72. The van der Waals surface area contributed by atoms with Crippen molar-refractivity contribution in [3.05, 3.63) is 99.5 Å². The Bertz CT molecular complexity index is 1090. The quantitative estimate of drug-likeness (QED) is 0.689. The van der Waals surface area contributed by atoms with Crippen LogP contribution in [0.5, 0.6) is 0 Å². The molecule has 0 fully saturated rings. The number of pyridine rings is 1. The van der Waals surface area contributed by atoms with E-state index >= 15 is 0 Å². The molecule has 29 heavy (non-hydrogen) atoms. The van der Waals surface area contributed by atoms with Crippen molar-refractivity contribution < 1.29 is 9.53 Å². The topological polar surface area (TPSA) is 71.2 Å². The van der Waals surface area contributed by atoms with E-state index in [9.17, 15) is 9.59 Å². The van der Waals surface area contributed by atoms with Gasteiger partial charge in [0.1, 0.15) is 6.61 Å². The van der Waals surface area contributed by atoms with Crippen molar-refractivity contribution in [2.75, 3.05) is 13.2 Å². The van der Waals surface area contributed by atoms with Crippen LogP contribution in [0.15, 0.2) is 71.7 Å². The molecular weight excluding hydrogens is 364 g/mol. The highest BCUT2D eigenvalue weighted by molar-refractivity contribution is 5.79. The van der Waals surface area contributed by atoms with Crippen LogP contribution in [0.25, 0.3) is 17.2 Å². The third-order valence-corrected chi connectivity index (χ3v) is 5.08. The molecule has 0 spiro atoms. The highest BCUT2D eigenvalue weighted by Crippen LogP contribution is 2.44. The summed E-state index contributed by atoms with van der Waals surface area (Å²) in [6.07, 6.45) is 4.60. The Labute approximate surface area is 169 Å². The van der Waals surface area contributed by atoms with Crippen molar-refractivity contribution in [3.8, 4) is 11.1 Å². The first-order valence-electron chi connectivity index (χ1n) is 9.58. The van der Waals surface area contributed by atoms with Crippen LogP contribution in [0.1, 0.15) is 28.2 Å². The average Bonchev–Trinajstić information content (AvgIpc) is 3.06. The Morgan fingerprint density at radius 3 is 2.45 bits per heavy atom. The molecule has 4 rings (SSSR count). The monoisotopic (exact) mass is 386 g/mol. The zero-order chi connectivity index (χ0) is 20.2. The van der Waals surface area contributed by atoms with Crippen molar-refractivity contribution in [2.45, 2.75) is 12.8 Å². The summed E-state index contributed by atoms with van der Waals surface area (Å²) >= 11 is 0. The van der Waals surface area contributed by atoms with Gasteiger partial charge >= 0.3 is 6.09 Å². The molecule has 0 bridgehead atoms. The van der Waals surface area contributed by atoms with Crippen molar-refractivity contribution in [1.29, 1.82) is 0 Å². The molecule has 0 saturated carbocycles. The number of carbonyl (C=O) groups excluding carboxylic acids is 1. The van der Waals surface area contributed by atoms with Gasteiger partial charge in [-0.2, -0.15) is 0 Å². The number of benzene rings is 2. The van der Waals surface area contributed by atoms with E-state index in [2.05, 4.69) is 34.6 Å². The molecule has 0 unspecified atom stereocenters. The summed E-state index contributed by atoms with van der Waals surface area (Å²) in [5, 5.41) is 2.70. The largest absolute Gasteiger partial charge is 0.449 e. The minimum absolute atomic E-state index is 0.0366. The summed E-state index contributed by atoms with van der Waals surface area (Å²) in [7, 11) is 0. The Hall–Kier alpha value is -3.60. The lowest BCUT2D eigenvalue weighted by Crippen LogP contribution is -2.26. The Morgan fingerprint density at radius 1 is 1.10 bits per heavy atom. The van der Waals surface area contributed by atoms with Gasteiger partial charge in [0.25, 0.3) is 5.56 Å². The number of nitrogens with one attached hydrogen (secondary N) is 2. The summed E-state index contributed by atoms with van der Waals surface area (Å²) in [5.41, 5.74) is 6.12. The second-order valence-electron chi connectivity index (χ2n) is 7.07. The number of rotatable bonds is 5. The smallest absolute Gasteiger partial charge is 0.407 e. The predicted molar refractivity (Wildman–Crippen MR) is 114 cm³/mol. The van der Waals surface area contributed by atoms with Gasteiger partial charge in [0.2, 0.25) is 0 Å². The molecule has 1 amide bonds. The molecule has 0 radical (unpaired) electrons. The van der Waals surface area contributed by atoms with Gasteiger partial charge in [-0.3, -0.25) is 4.79 Å². The van der Waals surface area contributed by atoms with Crippen LogP contribution < -0.4 is 10.9 Å². The van der Waals surface area contributed by atoms with Crippen molar-refractivity contribution in [2.24, 2.45) is 0 Å². The molecule has 3 aromatic rings. The lowest BCUT2D eigenvalue weighted by atomic mass is 9.98. The van der Waals surface area contributed by atoms with Crippen molar-refractivity contribution in [3.63, 3.8) is 0 Å². The molecule has 0 saturated heterocycles. The molecule has 2 N–H and O–H groups in total. The average molecular weight is 386 g/mol. The first-order valence-corrected chi connectivity index (χ1v) is 9.58. The first kappa shape index (κ1) is 18.7. The summed E-state index contributed by atoms with van der Waals surface area (Å²) in [6, 6.07) is 18.2. The van der Waals surface area contributed by atoms with Crippen LogP contribution in [0.3, 0.4) is 0 Å². The van der Waals surface area contributed by atoms with Gasteiger partial charge in [0, 0.05) is 24.2 Å². The van der Waals surface area contributed by atoms with Crippen LogP contribution in [-0.4, -0.2) is 24.2 Å². The maximum atomic E-state index is 12.1. The van der Waals surface area contributed by atoms with Gasteiger partial charge in [0.05, 0.1) is 0 Å². The van der Waals surface area contributed by atoms with Crippen molar-refractivity contribution >= 4 is 12.2 Å². The standard InChI is InChI=1S/C24H22N2O3/c1-16-13-17(23(27)26-14-16)7-6-12-25-24(28)29-15-22-20-10-4-2-8-18(20)19-9-3-5-11-21(19)22/h2-11,13-14,22H,12,15H2,1H3,(H,25,28)(H,26,27). The van der Waals surface area contributed by atoms with E-state index in [0.29, 0.717) is 5.56 Å². The lowest BCUT2D eigenvalue weighted by Gasteiger charge is -2.14. The molecule has 5 heteroatoms. The highest BCUT2D eigenvalue weighted by Gasteiger charge is 2.28. The van der Waals surface area contributed by atoms with Gasteiger partial charge in [0.15, 0.2) is 0 Å². The summed E-state index contributed by atoms with van der Waals surface area (Å²) in [5.74, 6) is 0.0366. The fourth-order valence-corrected chi connectivity index (χ4v) is 3.72. The van der Waals surface area contributed by atoms with Gasteiger partial charge in [-0.05, 0) is 40.8 Å². The number of hydrogen-bond donors (Lipinski definition) is 2. The number of aryl methyl sites for hydroxylation is 1. The third kappa shape index (κ3) is 3.99. The third-order valence-electron chi connectivity index (χ3n) is 5.08. The minimum Gasteiger partial charge on any atom is -0.449 e. The number of carbonyl (C=O) groups is 1. The second-order valence-corrected chi connectivity index (χ2v) is 7.07. The van der Waals surface area contributed by atoms with Gasteiger partial charge in [-0.1, -0.05) is 60.7 Å². The number of fused-ring (bicyclic) bond motifs is 3. The van der Waals surface area contributed by atoms with Crippen LogP contribution in [0, 0.1) is 6.92 Å². The molecular formula is C24H22N2O3. The van der Waals surface area contributed by atoms with E-state index in [1.54, 1.807) is 24.4 Å². The molecule has 1 heterocycles. The summed E-state index contributed by atoms with van der Waals surface area (Å²) in [4.78, 5) is 26.5. The molecule has 1 aliphatic carbocycles. The first-order chi connectivity index (χ1) is 14.1. The number of ether oxygens (including phenoxy) is 1. The Balaban J connectivity index is 1.35. The molecule has 146 valence electrons. The molecule has 0 aliphatic heterocycles. The molecule has 5 nitrogen and oxygen atoms in total. The van der Waals surface area contributed by atoms with E-state index in [0.717, 1.165) is 5.56 Å². The number of hydrogen-bond acceptors (Lipinski definition) is 3. The van der Waals surface area contributed by atoms with Gasteiger partial charge in [-0.15, -0.1) is 0 Å². The number of aromatic amines is 1. The van der Waals surface area contributed by atoms with Crippen LogP contribution >= 0.6 is 0 Å². The maximum absolute atomic E-state index is 12.1. The van der Waals surface area contributed by atoms with Gasteiger partial charge in [-0.25, -0.2) is 4.79 Å². The Morgan fingerprint density at radius 2 is 1.76 bits per heavy atom. The second kappa shape index (κ2) is 8.19. The number of amides is 1. The van der Waals surface area contributed by atoms with E-state index in [1.165, 1.54) is 22.3 Å². The highest BCUT2D eigenvalue weighted by atomic mass is 16.5. The molecule has 1 aromatic heterocycles. The van der Waals surface area contributed by atoms with Gasteiger partial charge < -0.3 is 15.0 Å². The molecule has 1 aliphatic rings. The number of H-pyrrole nitrogens is 1. The normalized spacial score (nSPS) is 12.6. The van der Waals surface area contributed by atoms with E-state index in [-0.39, 0.29) is 24.6 Å². The van der Waals surface area contributed by atoms with Crippen LogP contribution in [0.2, 0.25) is 0 Å². The Kier molecular flexibility index (Phi) is 5.29. The molecule has 0 atom stereocenters. The zero-order valence-corrected chi connectivity index (χ0v) is 16.1. The van der Waals surface area contributed by atoms with E-state index in [4.69, 9.17) is 4.74 Å². The summed E-state index contributed by atoms with van der Waals surface area (Å²) < 4.78 is 5.48. The minimum atomic E-state index is -0.477. The van der Waals surface area contributed by atoms with Crippen LogP contribution in [-0.2, 0) is 4.74 Å².